The summed E-state index contributed by atoms with van der Waals surface area (Å²) in [5, 5.41) is 15.8. The summed E-state index contributed by atoms with van der Waals surface area (Å²) in [6.45, 7) is 6.10. The third-order valence-corrected chi connectivity index (χ3v) is 3.98. The molecule has 17 heavy (non-hydrogen) atoms. The molecule has 0 aromatic rings. The number of amides is 1. The van der Waals surface area contributed by atoms with Crippen LogP contribution in [0.15, 0.2) is 0 Å². The molecule has 98 valence electrons. The molecule has 1 heterocycles. The quantitative estimate of drug-likeness (QED) is 0.632. The average molecular weight is 242 g/mol. The van der Waals surface area contributed by atoms with Crippen molar-refractivity contribution in [2.45, 2.75) is 44.9 Å². The molecule has 2 fully saturated rings. The van der Waals surface area contributed by atoms with Crippen LogP contribution in [0, 0.1) is 5.41 Å². The molecule has 0 bridgehead atoms. The molecule has 2 aliphatic rings. The van der Waals surface area contributed by atoms with Gasteiger partial charge in [0.2, 0.25) is 5.91 Å². The first kappa shape index (κ1) is 12.8. The van der Waals surface area contributed by atoms with Crippen LogP contribution >= 0.6 is 0 Å². The van der Waals surface area contributed by atoms with E-state index < -0.39 is 0 Å². The molecule has 3 N–H and O–H groups in total. The molecule has 1 saturated carbocycles. The van der Waals surface area contributed by atoms with Gasteiger partial charge in [-0.1, -0.05) is 13.8 Å². The number of rotatable bonds is 3. The fourth-order valence-electron chi connectivity index (χ4n) is 2.38. The molecule has 5 heteroatoms. The predicted octanol–water partition coefficient (Wildman–Crippen LogP) is -0.359. The van der Waals surface area contributed by atoms with Crippen LogP contribution in [0.2, 0.25) is 0 Å². The van der Waals surface area contributed by atoms with Crippen molar-refractivity contribution in [3.8, 4) is 0 Å². The van der Waals surface area contributed by atoms with Gasteiger partial charge in [0.05, 0.1) is 19.3 Å². The van der Waals surface area contributed by atoms with E-state index in [2.05, 4.69) is 10.6 Å². The van der Waals surface area contributed by atoms with E-state index in [0.29, 0.717) is 19.4 Å². The van der Waals surface area contributed by atoms with Gasteiger partial charge in [-0.2, -0.15) is 0 Å². The minimum atomic E-state index is -0.302. The molecule has 1 aliphatic carbocycles. The zero-order chi connectivity index (χ0) is 12.5. The summed E-state index contributed by atoms with van der Waals surface area (Å²) < 4.78 is 5.30. The SMILES string of the molecule is CC1(C)C(O)CC1NC(=O)CC1COCCN1. The summed E-state index contributed by atoms with van der Waals surface area (Å²) in [7, 11) is 0. The number of ether oxygens (including phenoxy) is 1. The molecular formula is C12H22N2O3. The molecule has 3 atom stereocenters. The smallest absolute Gasteiger partial charge is 0.221 e. The van der Waals surface area contributed by atoms with Gasteiger partial charge >= 0.3 is 0 Å². The topological polar surface area (TPSA) is 70.6 Å². The second-order valence-electron chi connectivity index (χ2n) is 5.62. The Morgan fingerprint density at radius 2 is 2.35 bits per heavy atom. The highest BCUT2D eigenvalue weighted by molar-refractivity contribution is 5.77. The third kappa shape index (κ3) is 2.78. The number of hydrogen-bond donors (Lipinski definition) is 3. The molecule has 0 radical (unpaired) electrons. The fourth-order valence-corrected chi connectivity index (χ4v) is 2.38. The van der Waals surface area contributed by atoms with Crippen LogP contribution in [0.25, 0.3) is 0 Å². The molecule has 0 aromatic carbocycles. The van der Waals surface area contributed by atoms with Gasteiger partial charge in [-0.25, -0.2) is 0 Å². The lowest BCUT2D eigenvalue weighted by atomic mass is 9.64. The molecule has 0 spiro atoms. The molecule has 5 nitrogen and oxygen atoms in total. The summed E-state index contributed by atoms with van der Waals surface area (Å²) in [6, 6.07) is 0.214. The van der Waals surface area contributed by atoms with Crippen molar-refractivity contribution in [2.24, 2.45) is 5.41 Å². The highest BCUT2D eigenvalue weighted by atomic mass is 16.5. The van der Waals surface area contributed by atoms with E-state index in [1.165, 1.54) is 0 Å². The number of carbonyl (C=O) groups is 1. The number of nitrogens with one attached hydrogen (secondary N) is 2. The predicted molar refractivity (Wildman–Crippen MR) is 63.6 cm³/mol. The Kier molecular flexibility index (Phi) is 3.70. The van der Waals surface area contributed by atoms with Crippen molar-refractivity contribution in [3.05, 3.63) is 0 Å². The van der Waals surface area contributed by atoms with Gasteiger partial charge in [0.25, 0.3) is 0 Å². The van der Waals surface area contributed by atoms with Gasteiger partial charge in [-0.05, 0) is 6.42 Å². The number of carbonyl (C=O) groups excluding carboxylic acids is 1. The van der Waals surface area contributed by atoms with E-state index >= 15 is 0 Å². The van der Waals surface area contributed by atoms with Crippen LogP contribution in [0.1, 0.15) is 26.7 Å². The summed E-state index contributed by atoms with van der Waals surface area (Å²) in [6.07, 6.45) is 0.805. The van der Waals surface area contributed by atoms with Crippen LogP contribution in [-0.2, 0) is 9.53 Å². The van der Waals surface area contributed by atoms with E-state index in [1.54, 1.807) is 0 Å². The van der Waals surface area contributed by atoms with Crippen molar-refractivity contribution in [1.82, 2.24) is 10.6 Å². The maximum absolute atomic E-state index is 11.8. The molecular weight excluding hydrogens is 220 g/mol. The minimum Gasteiger partial charge on any atom is -0.392 e. The normalized spacial score (nSPS) is 36.1. The lowest BCUT2D eigenvalue weighted by Gasteiger charge is -2.49. The molecule has 3 unspecified atom stereocenters. The van der Waals surface area contributed by atoms with Crippen LogP contribution in [-0.4, -0.2) is 49.0 Å². The maximum atomic E-state index is 11.8. The highest BCUT2D eigenvalue weighted by Crippen LogP contribution is 2.40. The second-order valence-corrected chi connectivity index (χ2v) is 5.62. The van der Waals surface area contributed by atoms with Gasteiger partial charge in [0, 0.05) is 30.5 Å². The van der Waals surface area contributed by atoms with Crippen LogP contribution in [0.4, 0.5) is 0 Å². The summed E-state index contributed by atoms with van der Waals surface area (Å²) in [5.74, 6) is 0.0398. The minimum absolute atomic E-state index is 0.0398. The maximum Gasteiger partial charge on any atom is 0.221 e. The summed E-state index contributed by atoms with van der Waals surface area (Å²) in [4.78, 5) is 11.8. The van der Waals surface area contributed by atoms with Crippen molar-refractivity contribution in [3.63, 3.8) is 0 Å². The van der Waals surface area contributed by atoms with E-state index in [-0.39, 0.29) is 29.5 Å². The Balaban J connectivity index is 1.74. The first-order valence-corrected chi connectivity index (χ1v) is 6.28. The van der Waals surface area contributed by atoms with Gasteiger partial charge in [0.15, 0.2) is 0 Å². The number of morpholine rings is 1. The lowest BCUT2D eigenvalue weighted by Crippen LogP contribution is -2.61. The lowest BCUT2D eigenvalue weighted by molar-refractivity contribution is -0.130. The van der Waals surface area contributed by atoms with Gasteiger partial charge in [-0.3, -0.25) is 4.79 Å². The van der Waals surface area contributed by atoms with Gasteiger partial charge in [-0.15, -0.1) is 0 Å². The van der Waals surface area contributed by atoms with Crippen molar-refractivity contribution >= 4 is 5.91 Å². The Labute approximate surface area is 102 Å². The van der Waals surface area contributed by atoms with E-state index in [0.717, 1.165) is 13.2 Å². The molecule has 1 amide bonds. The van der Waals surface area contributed by atoms with Crippen LogP contribution in [0.3, 0.4) is 0 Å². The number of aliphatic hydroxyl groups is 1. The summed E-state index contributed by atoms with van der Waals surface area (Å²) in [5.41, 5.74) is -0.202. The molecule has 1 aliphatic heterocycles. The van der Waals surface area contributed by atoms with E-state index in [9.17, 15) is 9.90 Å². The Bertz CT molecular complexity index is 287. The first-order valence-electron chi connectivity index (χ1n) is 6.28. The molecule has 0 aromatic heterocycles. The standard InChI is InChI=1S/C12H22N2O3/c1-12(2)9(6-10(12)15)14-11(16)5-8-7-17-4-3-13-8/h8-10,13,15H,3-7H2,1-2H3,(H,14,16). The zero-order valence-electron chi connectivity index (χ0n) is 10.5. The fraction of sp³-hybridized carbons (Fsp3) is 0.917. The zero-order valence-corrected chi connectivity index (χ0v) is 10.5. The molecule has 2 rings (SSSR count). The van der Waals surface area contributed by atoms with E-state index in [4.69, 9.17) is 4.74 Å². The molecule has 1 saturated heterocycles. The number of aliphatic hydroxyl groups excluding tert-OH is 1. The largest absolute Gasteiger partial charge is 0.392 e. The second kappa shape index (κ2) is 4.92. The Morgan fingerprint density at radius 1 is 1.59 bits per heavy atom. The number of hydrogen-bond acceptors (Lipinski definition) is 4. The van der Waals surface area contributed by atoms with Crippen molar-refractivity contribution < 1.29 is 14.6 Å². The highest BCUT2D eigenvalue weighted by Gasteiger charge is 2.47. The van der Waals surface area contributed by atoms with Crippen molar-refractivity contribution in [2.75, 3.05) is 19.8 Å². The van der Waals surface area contributed by atoms with Gasteiger partial charge in [0.1, 0.15) is 0 Å². The third-order valence-electron chi connectivity index (χ3n) is 3.98. The van der Waals surface area contributed by atoms with Crippen LogP contribution in [0.5, 0.6) is 0 Å². The van der Waals surface area contributed by atoms with Crippen molar-refractivity contribution in [1.29, 1.82) is 0 Å². The average Bonchev–Trinajstić information content (AvgIpc) is 2.30. The monoisotopic (exact) mass is 242 g/mol. The Morgan fingerprint density at radius 3 is 2.88 bits per heavy atom. The van der Waals surface area contributed by atoms with E-state index in [1.807, 2.05) is 13.8 Å². The van der Waals surface area contributed by atoms with Crippen LogP contribution < -0.4 is 10.6 Å². The summed E-state index contributed by atoms with van der Waals surface area (Å²) >= 11 is 0. The van der Waals surface area contributed by atoms with Gasteiger partial charge < -0.3 is 20.5 Å². The first-order chi connectivity index (χ1) is 8.00. The Hall–Kier alpha value is -0.650.